The molecule has 26 heavy (non-hydrogen) atoms. The molecule has 0 aromatic carbocycles. The summed E-state index contributed by atoms with van der Waals surface area (Å²) in [5, 5.41) is 11.8. The first-order chi connectivity index (χ1) is 12.2. The molecule has 0 aliphatic carbocycles. The van der Waals surface area contributed by atoms with E-state index in [-0.39, 0.29) is 18.4 Å². The second-order valence-corrected chi connectivity index (χ2v) is 5.68. The van der Waals surface area contributed by atoms with Crippen LogP contribution in [0.4, 0.5) is 13.2 Å². The number of hydrogen-bond donors (Lipinski definition) is 2. The van der Waals surface area contributed by atoms with Crippen molar-refractivity contribution in [1.82, 2.24) is 15.3 Å². The molecule has 1 atom stereocenters. The summed E-state index contributed by atoms with van der Waals surface area (Å²) in [6, 6.07) is 4.16. The first-order valence-corrected chi connectivity index (χ1v) is 7.72. The van der Waals surface area contributed by atoms with Crippen molar-refractivity contribution in [3.05, 3.63) is 53.0 Å². The number of nitrogens with zero attached hydrogens (tertiary/aromatic N) is 2. The Balaban J connectivity index is 2.05. The van der Waals surface area contributed by atoms with Crippen molar-refractivity contribution in [1.29, 1.82) is 0 Å². The van der Waals surface area contributed by atoms with Crippen LogP contribution in [-0.2, 0) is 6.61 Å². The molecule has 0 aliphatic heterocycles. The molecule has 0 fully saturated rings. The van der Waals surface area contributed by atoms with Gasteiger partial charge in [-0.05, 0) is 37.6 Å². The highest BCUT2D eigenvalue weighted by molar-refractivity contribution is 5.94. The molecule has 2 rings (SSSR count). The Morgan fingerprint density at radius 3 is 2.69 bits per heavy atom. The summed E-state index contributed by atoms with van der Waals surface area (Å²) in [4.78, 5) is 20.1. The lowest BCUT2D eigenvalue weighted by Crippen LogP contribution is -2.27. The molecule has 1 amide bonds. The average molecular weight is 369 g/mol. The zero-order valence-electron chi connectivity index (χ0n) is 14.2. The van der Waals surface area contributed by atoms with Crippen molar-refractivity contribution in [2.45, 2.75) is 32.7 Å². The number of ether oxygens (including phenoxy) is 1. The SMILES string of the molecule is Cc1cc(C(C)NC(=O)c2ccnc(CO)c2)cnc1OCC(F)(F)F. The molecule has 2 N–H and O–H groups in total. The summed E-state index contributed by atoms with van der Waals surface area (Å²) in [5.74, 6) is -0.476. The number of aryl methyl sites for hydroxylation is 1. The Morgan fingerprint density at radius 1 is 1.35 bits per heavy atom. The molecule has 2 aromatic heterocycles. The first-order valence-electron chi connectivity index (χ1n) is 7.72. The Labute approximate surface area is 148 Å². The summed E-state index contributed by atoms with van der Waals surface area (Å²) in [6.07, 6.45) is -1.66. The number of aliphatic hydroxyl groups is 1. The predicted molar refractivity (Wildman–Crippen MR) is 86.6 cm³/mol. The molecule has 2 aromatic rings. The largest absolute Gasteiger partial charge is 0.468 e. The predicted octanol–water partition coefficient (Wildman–Crippen LogP) is 2.71. The van der Waals surface area contributed by atoms with E-state index >= 15 is 0 Å². The van der Waals surface area contributed by atoms with Crippen molar-refractivity contribution in [2.24, 2.45) is 0 Å². The number of pyridine rings is 2. The van der Waals surface area contributed by atoms with Crippen LogP contribution in [0.3, 0.4) is 0 Å². The highest BCUT2D eigenvalue weighted by Gasteiger charge is 2.29. The summed E-state index contributed by atoms with van der Waals surface area (Å²) in [7, 11) is 0. The molecule has 140 valence electrons. The summed E-state index contributed by atoms with van der Waals surface area (Å²) < 4.78 is 41.3. The fraction of sp³-hybridized carbons (Fsp3) is 0.353. The van der Waals surface area contributed by atoms with Gasteiger partial charge in [-0.2, -0.15) is 13.2 Å². The number of aliphatic hydroxyl groups excluding tert-OH is 1. The van der Waals surface area contributed by atoms with Gasteiger partial charge < -0.3 is 15.2 Å². The molecule has 0 radical (unpaired) electrons. The number of carbonyl (C=O) groups is 1. The van der Waals surface area contributed by atoms with Gasteiger partial charge >= 0.3 is 6.18 Å². The minimum Gasteiger partial charge on any atom is -0.468 e. The number of amides is 1. The number of hydrogen-bond acceptors (Lipinski definition) is 5. The molecule has 6 nitrogen and oxygen atoms in total. The molecule has 0 spiro atoms. The fourth-order valence-corrected chi connectivity index (χ4v) is 2.19. The van der Waals surface area contributed by atoms with Crippen LogP contribution in [0.15, 0.2) is 30.6 Å². The molecular weight excluding hydrogens is 351 g/mol. The van der Waals surface area contributed by atoms with Crippen LogP contribution < -0.4 is 10.1 Å². The van der Waals surface area contributed by atoms with Crippen LogP contribution in [0.2, 0.25) is 0 Å². The van der Waals surface area contributed by atoms with Crippen LogP contribution >= 0.6 is 0 Å². The third-order valence-electron chi connectivity index (χ3n) is 3.51. The lowest BCUT2D eigenvalue weighted by Gasteiger charge is -2.16. The Hall–Kier alpha value is -2.68. The van der Waals surface area contributed by atoms with Crippen LogP contribution in [-0.4, -0.2) is 33.8 Å². The number of alkyl halides is 3. The molecule has 2 heterocycles. The average Bonchev–Trinajstić information content (AvgIpc) is 2.59. The van der Waals surface area contributed by atoms with Crippen LogP contribution in [0.25, 0.3) is 0 Å². The lowest BCUT2D eigenvalue weighted by atomic mass is 10.1. The summed E-state index contributed by atoms with van der Waals surface area (Å²) in [5.41, 5.74) is 1.76. The van der Waals surface area contributed by atoms with Gasteiger partial charge in [0.25, 0.3) is 5.91 Å². The third-order valence-corrected chi connectivity index (χ3v) is 3.51. The van der Waals surface area contributed by atoms with Crippen LogP contribution in [0.5, 0.6) is 5.88 Å². The maximum absolute atomic E-state index is 12.3. The quantitative estimate of drug-likeness (QED) is 0.818. The smallest absolute Gasteiger partial charge is 0.422 e. The van der Waals surface area contributed by atoms with Crippen LogP contribution in [0, 0.1) is 6.92 Å². The zero-order valence-corrected chi connectivity index (χ0v) is 14.2. The molecule has 0 aliphatic rings. The number of aromatic nitrogens is 2. The van der Waals surface area contributed by atoms with E-state index < -0.39 is 18.8 Å². The van der Waals surface area contributed by atoms with E-state index in [0.717, 1.165) is 0 Å². The van der Waals surface area contributed by atoms with E-state index in [0.29, 0.717) is 22.4 Å². The van der Waals surface area contributed by atoms with Gasteiger partial charge in [0.05, 0.1) is 18.3 Å². The fourth-order valence-electron chi connectivity index (χ4n) is 2.19. The molecule has 1 unspecified atom stereocenters. The highest BCUT2D eigenvalue weighted by atomic mass is 19.4. The summed E-state index contributed by atoms with van der Waals surface area (Å²) >= 11 is 0. The molecule has 0 saturated carbocycles. The number of carbonyl (C=O) groups excluding carboxylic acids is 1. The molecule has 0 bridgehead atoms. The second kappa shape index (κ2) is 8.13. The van der Waals surface area contributed by atoms with Crippen LogP contribution in [0.1, 0.15) is 40.1 Å². The van der Waals surface area contributed by atoms with Crippen molar-refractivity contribution < 1.29 is 27.8 Å². The van der Waals surface area contributed by atoms with E-state index in [1.54, 1.807) is 19.9 Å². The van der Waals surface area contributed by atoms with E-state index in [9.17, 15) is 18.0 Å². The monoisotopic (exact) mass is 369 g/mol. The lowest BCUT2D eigenvalue weighted by molar-refractivity contribution is -0.154. The van der Waals surface area contributed by atoms with Gasteiger partial charge in [0, 0.05) is 23.5 Å². The molecule has 9 heteroatoms. The minimum atomic E-state index is -4.44. The normalized spacial score (nSPS) is 12.5. The van der Waals surface area contributed by atoms with E-state index in [4.69, 9.17) is 5.11 Å². The van der Waals surface area contributed by atoms with Gasteiger partial charge in [-0.25, -0.2) is 4.98 Å². The third kappa shape index (κ3) is 5.41. The van der Waals surface area contributed by atoms with E-state index in [1.165, 1.54) is 24.5 Å². The molecular formula is C17H18F3N3O3. The van der Waals surface area contributed by atoms with Gasteiger partial charge in [-0.15, -0.1) is 0 Å². The van der Waals surface area contributed by atoms with Crippen molar-refractivity contribution in [3.8, 4) is 5.88 Å². The Kier molecular flexibility index (Phi) is 6.14. The first kappa shape index (κ1) is 19.6. The maximum atomic E-state index is 12.3. The zero-order chi connectivity index (χ0) is 19.3. The number of halogens is 3. The van der Waals surface area contributed by atoms with E-state index in [2.05, 4.69) is 20.0 Å². The summed E-state index contributed by atoms with van der Waals surface area (Å²) in [6.45, 7) is 1.60. The standard InChI is InChI=1S/C17H18F3N3O3/c1-10-5-13(7-22-16(10)26-9-17(18,19)20)11(2)23-15(25)12-3-4-21-14(6-12)8-24/h3-7,11,24H,8-9H2,1-2H3,(H,23,25). The number of nitrogens with one attached hydrogen (secondary N) is 1. The van der Waals surface area contributed by atoms with Gasteiger partial charge in [0.15, 0.2) is 6.61 Å². The Morgan fingerprint density at radius 2 is 2.08 bits per heavy atom. The van der Waals surface area contributed by atoms with Gasteiger partial charge in [-0.3, -0.25) is 9.78 Å². The minimum absolute atomic E-state index is 0.105. The topological polar surface area (TPSA) is 84.3 Å². The van der Waals surface area contributed by atoms with Crippen molar-refractivity contribution in [2.75, 3.05) is 6.61 Å². The van der Waals surface area contributed by atoms with E-state index in [1.807, 2.05) is 0 Å². The Bertz CT molecular complexity index is 781. The number of rotatable bonds is 6. The van der Waals surface area contributed by atoms with Gasteiger partial charge in [-0.1, -0.05) is 0 Å². The second-order valence-electron chi connectivity index (χ2n) is 5.68. The van der Waals surface area contributed by atoms with Gasteiger partial charge in [0.1, 0.15) is 0 Å². The maximum Gasteiger partial charge on any atom is 0.422 e. The molecule has 0 saturated heterocycles. The van der Waals surface area contributed by atoms with Gasteiger partial charge in [0.2, 0.25) is 5.88 Å². The highest BCUT2D eigenvalue weighted by Crippen LogP contribution is 2.22. The van der Waals surface area contributed by atoms with Crippen molar-refractivity contribution >= 4 is 5.91 Å². The van der Waals surface area contributed by atoms with Crippen molar-refractivity contribution in [3.63, 3.8) is 0 Å².